The molecule has 0 atom stereocenters. The third-order valence-electron chi connectivity index (χ3n) is 3.05. The molecule has 0 spiro atoms. The number of rotatable bonds is 7. The van der Waals surface area contributed by atoms with Crippen LogP contribution in [0.5, 0.6) is 0 Å². The Balaban J connectivity index is 2.95. The number of amides is 1. The summed E-state index contributed by atoms with van der Waals surface area (Å²) in [6, 6.07) is -1.72. The molecule has 26 heavy (non-hydrogen) atoms. The first-order valence-corrected chi connectivity index (χ1v) is 8.24. The largest absolute Gasteiger partial charge is 0.464 e. The number of esters is 2. The second-order valence-corrected chi connectivity index (χ2v) is 5.70. The van der Waals surface area contributed by atoms with E-state index in [0.717, 1.165) is 4.68 Å². The molecule has 0 unspecified atom stereocenters. The topological polar surface area (TPSA) is 99.5 Å². The van der Waals surface area contributed by atoms with Crippen molar-refractivity contribution in [3.05, 3.63) is 15.9 Å². The Kier molecular flexibility index (Phi) is 7.60. The maximum Gasteiger partial charge on any atom is 0.436 e. The Morgan fingerprint density at radius 3 is 2.08 bits per heavy atom. The summed E-state index contributed by atoms with van der Waals surface area (Å²) in [6.45, 7) is 3.62. The molecule has 1 aromatic rings. The summed E-state index contributed by atoms with van der Waals surface area (Å²) >= 11 is 2.78. The summed E-state index contributed by atoms with van der Waals surface area (Å²) in [5.74, 6) is -2.98. The maximum atomic E-state index is 12.8. The van der Waals surface area contributed by atoms with Crippen molar-refractivity contribution < 1.29 is 37.0 Å². The van der Waals surface area contributed by atoms with Gasteiger partial charge in [-0.25, -0.2) is 9.59 Å². The van der Waals surface area contributed by atoms with E-state index in [-0.39, 0.29) is 23.4 Å². The number of carbonyl (C=O) groups excluding carboxylic acids is 3. The first-order valence-electron chi connectivity index (χ1n) is 7.45. The molecule has 0 saturated heterocycles. The van der Waals surface area contributed by atoms with Crippen molar-refractivity contribution >= 4 is 33.8 Å². The summed E-state index contributed by atoms with van der Waals surface area (Å²) in [7, 11) is 0. The predicted molar refractivity (Wildman–Crippen MR) is 84.9 cm³/mol. The average Bonchev–Trinajstić information content (AvgIpc) is 2.81. The van der Waals surface area contributed by atoms with Crippen molar-refractivity contribution in [3.8, 4) is 0 Å². The number of hydrogen-bond donors (Lipinski definition) is 1. The molecule has 1 heterocycles. The second-order valence-electron chi connectivity index (χ2n) is 4.91. The van der Waals surface area contributed by atoms with Crippen LogP contribution in [0.3, 0.4) is 0 Å². The van der Waals surface area contributed by atoms with Gasteiger partial charge in [-0.2, -0.15) is 18.3 Å². The first-order chi connectivity index (χ1) is 12.0. The number of alkyl halides is 3. The van der Waals surface area contributed by atoms with E-state index in [0.29, 0.717) is 0 Å². The Morgan fingerprint density at radius 1 is 1.19 bits per heavy atom. The van der Waals surface area contributed by atoms with Crippen molar-refractivity contribution in [2.75, 3.05) is 13.2 Å². The summed E-state index contributed by atoms with van der Waals surface area (Å²) in [5, 5.41) is 5.43. The zero-order valence-corrected chi connectivity index (χ0v) is 15.7. The number of carbonyl (C=O) groups is 3. The van der Waals surface area contributed by atoms with Crippen molar-refractivity contribution in [1.82, 2.24) is 15.1 Å². The van der Waals surface area contributed by atoms with Gasteiger partial charge in [-0.3, -0.25) is 9.48 Å². The fraction of sp³-hybridized carbons (Fsp3) is 0.571. The number of nitrogens with zero attached hydrogens (tertiary/aromatic N) is 2. The Morgan fingerprint density at radius 2 is 1.69 bits per heavy atom. The minimum atomic E-state index is -4.70. The van der Waals surface area contributed by atoms with Crippen LogP contribution in [0.4, 0.5) is 13.2 Å². The van der Waals surface area contributed by atoms with Gasteiger partial charge >= 0.3 is 18.1 Å². The van der Waals surface area contributed by atoms with Gasteiger partial charge in [0.1, 0.15) is 6.54 Å². The van der Waals surface area contributed by atoms with E-state index < -0.39 is 42.3 Å². The van der Waals surface area contributed by atoms with Crippen LogP contribution in [0.25, 0.3) is 0 Å². The highest BCUT2D eigenvalue weighted by atomic mass is 79.9. The van der Waals surface area contributed by atoms with Gasteiger partial charge in [-0.15, -0.1) is 0 Å². The Labute approximate surface area is 155 Å². The smallest absolute Gasteiger partial charge is 0.436 e. The molecule has 0 radical (unpaired) electrons. The van der Waals surface area contributed by atoms with E-state index in [4.69, 9.17) is 0 Å². The van der Waals surface area contributed by atoms with E-state index in [1.165, 1.54) is 20.8 Å². The second kappa shape index (κ2) is 9.01. The van der Waals surface area contributed by atoms with E-state index >= 15 is 0 Å². The van der Waals surface area contributed by atoms with Gasteiger partial charge in [0, 0.05) is 0 Å². The van der Waals surface area contributed by atoms with Gasteiger partial charge in [-0.1, -0.05) is 0 Å². The lowest BCUT2D eigenvalue weighted by atomic mass is 10.3. The van der Waals surface area contributed by atoms with Crippen molar-refractivity contribution in [2.45, 2.75) is 39.5 Å². The molecule has 1 N–H and O–H groups in total. The van der Waals surface area contributed by atoms with Gasteiger partial charge in [-0.05, 0) is 36.7 Å². The highest BCUT2D eigenvalue weighted by Crippen LogP contribution is 2.35. The van der Waals surface area contributed by atoms with Crippen molar-refractivity contribution in [3.63, 3.8) is 0 Å². The zero-order valence-electron chi connectivity index (χ0n) is 14.1. The van der Waals surface area contributed by atoms with Crippen molar-refractivity contribution in [1.29, 1.82) is 0 Å². The maximum absolute atomic E-state index is 12.8. The van der Waals surface area contributed by atoms with Crippen LogP contribution < -0.4 is 5.32 Å². The predicted octanol–water partition coefficient (Wildman–Crippen LogP) is 1.58. The molecule has 8 nitrogen and oxygen atoms in total. The van der Waals surface area contributed by atoms with Crippen LogP contribution in [0.1, 0.15) is 25.2 Å². The molecule has 0 aliphatic carbocycles. The lowest BCUT2D eigenvalue weighted by Crippen LogP contribution is -2.49. The van der Waals surface area contributed by atoms with Crippen LogP contribution in [0, 0.1) is 6.92 Å². The number of nitrogens with one attached hydrogen (secondary N) is 1. The fourth-order valence-corrected chi connectivity index (χ4v) is 2.38. The Bertz CT molecular complexity index is 672. The zero-order chi connectivity index (χ0) is 20.1. The molecular weight excluding hydrogens is 427 g/mol. The molecule has 1 aromatic heterocycles. The van der Waals surface area contributed by atoms with Gasteiger partial charge in [0.2, 0.25) is 11.9 Å². The monoisotopic (exact) mass is 443 g/mol. The van der Waals surface area contributed by atoms with Gasteiger partial charge < -0.3 is 14.8 Å². The standard InChI is InChI=1S/C14H17BrF3N3O5/c1-4-25-12(23)10(13(24)26-5-2)19-8(22)6-21-7(3)9(15)11(20-21)14(16,17)18/h10H,4-6H2,1-3H3,(H,19,22). The van der Waals surface area contributed by atoms with Crippen LogP contribution in [0.2, 0.25) is 0 Å². The molecule has 0 fully saturated rings. The average molecular weight is 444 g/mol. The lowest BCUT2D eigenvalue weighted by molar-refractivity contribution is -0.159. The SMILES string of the molecule is CCOC(=O)C(NC(=O)Cn1nc(C(F)(F)F)c(Br)c1C)C(=O)OCC. The summed E-state index contributed by atoms with van der Waals surface area (Å²) in [5.41, 5.74) is -1.13. The summed E-state index contributed by atoms with van der Waals surface area (Å²) in [4.78, 5) is 35.7. The summed E-state index contributed by atoms with van der Waals surface area (Å²) < 4.78 is 48.4. The van der Waals surface area contributed by atoms with Crippen LogP contribution in [0.15, 0.2) is 4.47 Å². The number of aromatic nitrogens is 2. The quantitative estimate of drug-likeness (QED) is 0.507. The third kappa shape index (κ3) is 5.44. The highest BCUT2D eigenvalue weighted by molar-refractivity contribution is 9.10. The van der Waals surface area contributed by atoms with Crippen LogP contribution in [-0.4, -0.2) is 46.9 Å². The Hall–Kier alpha value is -2.11. The van der Waals surface area contributed by atoms with E-state index in [1.807, 2.05) is 0 Å². The van der Waals surface area contributed by atoms with Crippen LogP contribution in [-0.2, 0) is 36.6 Å². The molecule has 0 saturated carbocycles. The lowest BCUT2D eigenvalue weighted by Gasteiger charge is -2.16. The molecule has 0 aliphatic heterocycles. The van der Waals surface area contributed by atoms with Gasteiger partial charge in [0.05, 0.1) is 23.4 Å². The number of hydrogen-bond acceptors (Lipinski definition) is 6. The van der Waals surface area contributed by atoms with Gasteiger partial charge in [0.15, 0.2) is 5.69 Å². The summed E-state index contributed by atoms with van der Waals surface area (Å²) in [6.07, 6.45) is -4.70. The molecular formula is C14H17BrF3N3O5. The molecule has 1 amide bonds. The van der Waals surface area contributed by atoms with E-state index in [1.54, 1.807) is 0 Å². The minimum absolute atomic E-state index is 0.0369. The molecule has 0 aliphatic rings. The van der Waals surface area contributed by atoms with Gasteiger partial charge in [0.25, 0.3) is 0 Å². The van der Waals surface area contributed by atoms with E-state index in [9.17, 15) is 27.6 Å². The number of ether oxygens (including phenoxy) is 2. The molecule has 146 valence electrons. The molecule has 0 bridgehead atoms. The minimum Gasteiger partial charge on any atom is -0.464 e. The first kappa shape index (κ1) is 21.9. The highest BCUT2D eigenvalue weighted by Gasteiger charge is 2.38. The normalized spacial score (nSPS) is 11.4. The third-order valence-corrected chi connectivity index (χ3v) is 3.99. The molecule has 12 heteroatoms. The fourth-order valence-electron chi connectivity index (χ4n) is 1.87. The van der Waals surface area contributed by atoms with Crippen LogP contribution >= 0.6 is 15.9 Å². The molecule has 1 rings (SSSR count). The van der Waals surface area contributed by atoms with E-state index in [2.05, 4.69) is 35.8 Å². The van der Waals surface area contributed by atoms with Crippen molar-refractivity contribution in [2.24, 2.45) is 0 Å². The molecule has 0 aromatic carbocycles. The number of halogens is 4.